The minimum atomic E-state index is -0.656. The zero-order valence-corrected chi connectivity index (χ0v) is 23.7. The molecule has 4 atom stereocenters. The molecule has 9 heteroatoms. The van der Waals surface area contributed by atoms with Crippen molar-refractivity contribution in [3.63, 3.8) is 0 Å². The van der Waals surface area contributed by atoms with Crippen molar-refractivity contribution in [2.24, 2.45) is 17.8 Å². The Morgan fingerprint density at radius 3 is 2.50 bits per heavy atom. The number of aromatic nitrogens is 1. The number of fused-ring (bicyclic) bond motifs is 2. The number of benzene rings is 2. The number of thiazole rings is 1. The van der Waals surface area contributed by atoms with Crippen molar-refractivity contribution in [2.45, 2.75) is 45.8 Å². The number of amides is 1. The van der Waals surface area contributed by atoms with Crippen LogP contribution >= 0.6 is 11.3 Å². The number of carboxylic acids is 1. The highest BCUT2D eigenvalue weighted by Gasteiger charge is 2.46. The standard InChI is InChI=1S/C31H35N3O5S/c1-18-3-8-27(39-16-23-7-4-20(12-19(23)2)29(36)33-10-9-24(35)15-33)25(11-18)26-17-40-31(32-26)34-13-21-5-6-22(14-34)28(21)30(37)38/h3-4,7-8,11-12,17,21-22,24,28,35H,5-6,9-10,13-16H2,1-2H3,(H,37,38)/t21-,22?,24+,28+/m0/s1. The Bertz CT molecular complexity index is 1420. The second-order valence-electron chi connectivity index (χ2n) is 11.5. The van der Waals surface area contributed by atoms with Gasteiger partial charge in [0.05, 0.1) is 17.7 Å². The first-order chi connectivity index (χ1) is 19.3. The van der Waals surface area contributed by atoms with Gasteiger partial charge < -0.3 is 24.7 Å². The molecule has 1 aliphatic carbocycles. The third kappa shape index (κ3) is 5.20. The molecular formula is C31H35N3O5S. The SMILES string of the molecule is Cc1ccc(OCc2ccc(C(=O)N3CC[C@@H](O)C3)cc2C)c(-c2csc(N3CC4CC[C@@H](C3)[C@H]4C(=O)O)n2)c1. The number of anilines is 1. The van der Waals surface area contributed by atoms with Crippen LogP contribution in [0, 0.1) is 31.6 Å². The summed E-state index contributed by atoms with van der Waals surface area (Å²) in [5.74, 6) is 0.194. The van der Waals surface area contributed by atoms with E-state index >= 15 is 0 Å². The van der Waals surface area contributed by atoms with Gasteiger partial charge in [0.1, 0.15) is 12.4 Å². The molecule has 1 amide bonds. The predicted molar refractivity (Wildman–Crippen MR) is 154 cm³/mol. The van der Waals surface area contributed by atoms with Gasteiger partial charge in [0.25, 0.3) is 5.91 Å². The van der Waals surface area contributed by atoms with Gasteiger partial charge in [0.15, 0.2) is 5.13 Å². The third-order valence-corrected chi connectivity index (χ3v) is 9.62. The van der Waals surface area contributed by atoms with Gasteiger partial charge >= 0.3 is 5.97 Å². The van der Waals surface area contributed by atoms with E-state index in [0.29, 0.717) is 31.7 Å². The van der Waals surface area contributed by atoms with Crippen LogP contribution in [0.15, 0.2) is 41.8 Å². The van der Waals surface area contributed by atoms with E-state index in [1.54, 1.807) is 16.2 Å². The summed E-state index contributed by atoms with van der Waals surface area (Å²) in [6.45, 7) is 6.86. The summed E-state index contributed by atoms with van der Waals surface area (Å²) in [7, 11) is 0. The summed E-state index contributed by atoms with van der Waals surface area (Å²) in [5.41, 5.74) is 5.51. The number of aliphatic hydroxyl groups excluding tert-OH is 1. The minimum absolute atomic E-state index is 0.0486. The number of piperidine rings is 1. The quantitative estimate of drug-likeness (QED) is 0.429. The molecule has 2 aromatic carbocycles. The Morgan fingerprint density at radius 1 is 1.05 bits per heavy atom. The van der Waals surface area contributed by atoms with Crippen molar-refractivity contribution in [2.75, 3.05) is 31.1 Å². The van der Waals surface area contributed by atoms with Crippen LogP contribution in [0.1, 0.15) is 46.3 Å². The highest BCUT2D eigenvalue weighted by molar-refractivity contribution is 7.14. The van der Waals surface area contributed by atoms with Crippen LogP contribution in [0.25, 0.3) is 11.3 Å². The number of carbonyl (C=O) groups is 2. The molecule has 1 unspecified atom stereocenters. The van der Waals surface area contributed by atoms with Gasteiger partial charge in [-0.1, -0.05) is 17.7 Å². The Kier molecular flexibility index (Phi) is 7.27. The third-order valence-electron chi connectivity index (χ3n) is 8.72. The van der Waals surface area contributed by atoms with Gasteiger partial charge in [0, 0.05) is 42.7 Å². The molecule has 6 rings (SSSR count). The molecule has 2 saturated heterocycles. The number of aryl methyl sites for hydroxylation is 2. The van der Waals surface area contributed by atoms with Gasteiger partial charge in [0.2, 0.25) is 0 Å². The Labute approximate surface area is 238 Å². The lowest BCUT2D eigenvalue weighted by Crippen LogP contribution is -2.44. The number of ether oxygens (including phenoxy) is 1. The van der Waals surface area contributed by atoms with Crippen LogP contribution in [-0.4, -0.2) is 64.3 Å². The summed E-state index contributed by atoms with van der Waals surface area (Å²) in [5, 5.41) is 22.4. The van der Waals surface area contributed by atoms with Gasteiger partial charge in [-0.15, -0.1) is 11.3 Å². The van der Waals surface area contributed by atoms with Gasteiger partial charge in [-0.3, -0.25) is 9.59 Å². The molecule has 40 heavy (non-hydrogen) atoms. The molecule has 3 aromatic rings. The van der Waals surface area contributed by atoms with Crippen LogP contribution in [0.4, 0.5) is 5.13 Å². The second kappa shape index (κ2) is 10.9. The maximum atomic E-state index is 12.8. The molecule has 0 radical (unpaired) electrons. The number of rotatable bonds is 7. The maximum Gasteiger partial charge on any atom is 0.307 e. The van der Waals surface area contributed by atoms with Crippen molar-refractivity contribution < 1.29 is 24.5 Å². The maximum absolute atomic E-state index is 12.8. The van der Waals surface area contributed by atoms with Crippen LogP contribution in [0.3, 0.4) is 0 Å². The molecule has 8 nitrogen and oxygen atoms in total. The fourth-order valence-electron chi connectivity index (χ4n) is 6.54. The van der Waals surface area contributed by atoms with Crippen molar-refractivity contribution in [1.29, 1.82) is 0 Å². The number of carboxylic acid groups (broad SMARTS) is 1. The topological polar surface area (TPSA) is 103 Å². The monoisotopic (exact) mass is 561 g/mol. The average Bonchev–Trinajstić information content (AvgIpc) is 3.66. The number of hydrogen-bond donors (Lipinski definition) is 2. The first-order valence-electron chi connectivity index (χ1n) is 14.0. The molecule has 2 aliphatic heterocycles. The number of carbonyl (C=O) groups excluding carboxylic acids is 1. The van der Waals surface area contributed by atoms with Crippen LogP contribution in [-0.2, 0) is 11.4 Å². The number of aliphatic carboxylic acids is 1. The summed E-state index contributed by atoms with van der Waals surface area (Å²) < 4.78 is 6.32. The van der Waals surface area contributed by atoms with Gasteiger partial charge in [-0.05, 0) is 80.3 Å². The average molecular weight is 562 g/mol. The normalized spacial score (nSPS) is 24.0. The molecule has 210 valence electrons. The van der Waals surface area contributed by atoms with Crippen LogP contribution < -0.4 is 9.64 Å². The van der Waals surface area contributed by atoms with Crippen LogP contribution in [0.5, 0.6) is 5.75 Å². The summed E-state index contributed by atoms with van der Waals surface area (Å²) in [6, 6.07) is 11.8. The summed E-state index contributed by atoms with van der Waals surface area (Å²) in [6.07, 6.45) is 2.14. The smallest absolute Gasteiger partial charge is 0.307 e. The molecule has 2 N–H and O–H groups in total. The highest BCUT2D eigenvalue weighted by Crippen LogP contribution is 2.44. The summed E-state index contributed by atoms with van der Waals surface area (Å²) >= 11 is 1.60. The van der Waals surface area contributed by atoms with E-state index in [9.17, 15) is 19.8 Å². The Balaban J connectivity index is 1.16. The molecule has 3 heterocycles. The van der Waals surface area contributed by atoms with E-state index in [1.165, 1.54) is 0 Å². The van der Waals surface area contributed by atoms with E-state index in [1.807, 2.05) is 44.2 Å². The van der Waals surface area contributed by atoms with Gasteiger partial charge in [-0.2, -0.15) is 0 Å². The zero-order chi connectivity index (χ0) is 28.0. The van der Waals surface area contributed by atoms with E-state index in [4.69, 9.17) is 9.72 Å². The molecule has 3 fully saturated rings. The Hall–Kier alpha value is -3.43. The largest absolute Gasteiger partial charge is 0.488 e. The lowest BCUT2D eigenvalue weighted by Gasteiger charge is -2.35. The number of hydrogen-bond acceptors (Lipinski definition) is 7. The molecule has 0 spiro atoms. The van der Waals surface area contributed by atoms with E-state index in [0.717, 1.165) is 64.8 Å². The van der Waals surface area contributed by atoms with E-state index < -0.39 is 12.1 Å². The number of aliphatic hydroxyl groups is 1. The van der Waals surface area contributed by atoms with Crippen molar-refractivity contribution >= 4 is 28.3 Å². The van der Waals surface area contributed by atoms with Crippen molar-refractivity contribution in [3.05, 3.63) is 64.0 Å². The van der Waals surface area contributed by atoms with Gasteiger partial charge in [-0.25, -0.2) is 4.98 Å². The van der Waals surface area contributed by atoms with Crippen molar-refractivity contribution in [1.82, 2.24) is 9.88 Å². The number of β-amino-alcohol motifs (C(OH)–C–C–N with tert-alkyl or cyclic N) is 1. The van der Waals surface area contributed by atoms with E-state index in [-0.39, 0.29) is 23.7 Å². The fourth-order valence-corrected chi connectivity index (χ4v) is 7.39. The van der Waals surface area contributed by atoms with Crippen molar-refractivity contribution in [3.8, 4) is 17.0 Å². The Morgan fingerprint density at radius 2 is 1.82 bits per heavy atom. The lowest BCUT2D eigenvalue weighted by atomic mass is 9.85. The minimum Gasteiger partial charge on any atom is -0.488 e. The molecule has 2 bridgehead atoms. The molecular weight excluding hydrogens is 526 g/mol. The van der Waals surface area contributed by atoms with E-state index in [2.05, 4.69) is 16.3 Å². The summed E-state index contributed by atoms with van der Waals surface area (Å²) in [4.78, 5) is 33.5. The number of nitrogens with zero attached hydrogens (tertiary/aromatic N) is 3. The first-order valence-corrected chi connectivity index (χ1v) is 14.9. The highest BCUT2D eigenvalue weighted by atomic mass is 32.1. The lowest BCUT2D eigenvalue weighted by molar-refractivity contribution is -0.144. The fraction of sp³-hybridized carbons (Fsp3) is 0.452. The van der Waals surface area contributed by atoms with Crippen LogP contribution in [0.2, 0.25) is 0 Å². The first kappa shape index (κ1) is 26.8. The molecule has 3 aliphatic rings. The predicted octanol–water partition coefficient (Wildman–Crippen LogP) is 4.76. The number of likely N-dealkylation sites (tertiary alicyclic amines) is 1. The molecule has 1 aromatic heterocycles. The zero-order valence-electron chi connectivity index (χ0n) is 22.9. The second-order valence-corrected chi connectivity index (χ2v) is 12.3. The molecule has 1 saturated carbocycles.